The molecule has 0 bridgehead atoms. The number of amides is 2. The van der Waals surface area contributed by atoms with Crippen LogP contribution in [0, 0.1) is 11.8 Å². The van der Waals surface area contributed by atoms with Crippen molar-refractivity contribution in [2.75, 3.05) is 18.9 Å². The number of aromatic hydroxyl groups is 1. The van der Waals surface area contributed by atoms with E-state index >= 15 is 0 Å². The van der Waals surface area contributed by atoms with Crippen molar-refractivity contribution < 1.29 is 24.0 Å². The predicted molar refractivity (Wildman–Crippen MR) is 123 cm³/mol. The summed E-state index contributed by atoms with van der Waals surface area (Å²) >= 11 is 0. The summed E-state index contributed by atoms with van der Waals surface area (Å²) in [6, 6.07) is 15.9. The first-order valence-corrected chi connectivity index (χ1v) is 11.6. The molecule has 168 valence electrons. The Kier molecular flexibility index (Phi) is 7.91. The van der Waals surface area contributed by atoms with E-state index in [1.165, 1.54) is 42.7 Å². The molecule has 1 heterocycles. The van der Waals surface area contributed by atoms with Crippen molar-refractivity contribution in [2.45, 2.75) is 4.90 Å². The number of phenols is 1. The molecule has 33 heavy (non-hydrogen) atoms. The largest absolute Gasteiger partial charge is 0.508 e. The van der Waals surface area contributed by atoms with Crippen LogP contribution >= 0.6 is 0 Å². The number of nitrogens with zero attached hydrogens (tertiary/aromatic N) is 2. The van der Waals surface area contributed by atoms with E-state index in [-0.39, 0.29) is 29.4 Å². The number of pyridine rings is 1. The van der Waals surface area contributed by atoms with Crippen molar-refractivity contribution in [1.82, 2.24) is 10.3 Å². The number of benzene rings is 2. The van der Waals surface area contributed by atoms with Crippen LogP contribution in [0.5, 0.6) is 5.75 Å². The van der Waals surface area contributed by atoms with Gasteiger partial charge in [0, 0.05) is 35.0 Å². The molecule has 0 radical (unpaired) electrons. The fourth-order valence-corrected chi connectivity index (χ4v) is 4.52. The monoisotopic (exact) mass is 463 g/mol. The van der Waals surface area contributed by atoms with E-state index in [0.29, 0.717) is 11.1 Å². The second kappa shape index (κ2) is 11.0. The normalized spacial score (nSPS) is 12.0. The van der Waals surface area contributed by atoms with Crippen LogP contribution in [-0.4, -0.2) is 50.1 Å². The minimum Gasteiger partial charge on any atom is -0.508 e. The van der Waals surface area contributed by atoms with E-state index in [1.54, 1.807) is 30.3 Å². The van der Waals surface area contributed by atoms with E-state index in [2.05, 4.69) is 26.5 Å². The molecule has 3 rings (SSSR count). The van der Waals surface area contributed by atoms with Crippen LogP contribution in [0.3, 0.4) is 0 Å². The van der Waals surface area contributed by atoms with Gasteiger partial charge in [0.25, 0.3) is 5.91 Å². The number of rotatable bonds is 6. The summed E-state index contributed by atoms with van der Waals surface area (Å²) in [5, 5.41) is 20.8. The average molecular weight is 464 g/mol. The van der Waals surface area contributed by atoms with Crippen molar-refractivity contribution in [3.63, 3.8) is 0 Å². The van der Waals surface area contributed by atoms with E-state index in [0.717, 1.165) is 0 Å². The van der Waals surface area contributed by atoms with E-state index < -0.39 is 27.3 Å². The molecule has 0 saturated heterocycles. The lowest BCUT2D eigenvalue weighted by Crippen LogP contribution is -2.32. The first-order chi connectivity index (χ1) is 15.9. The maximum Gasteiger partial charge on any atom is 0.286 e. The molecule has 0 unspecified atom stereocenters. The highest BCUT2D eigenvalue weighted by molar-refractivity contribution is 7.94. The van der Waals surface area contributed by atoms with Crippen molar-refractivity contribution >= 4 is 21.5 Å². The molecule has 0 saturated carbocycles. The average Bonchev–Trinajstić information content (AvgIpc) is 2.82. The Morgan fingerprint density at radius 2 is 1.76 bits per heavy atom. The number of nitrogens with one attached hydrogen (secondary N) is 1. The first kappa shape index (κ1) is 23.7. The van der Waals surface area contributed by atoms with Crippen LogP contribution in [0.15, 0.2) is 82.3 Å². The second-order valence-corrected chi connectivity index (χ2v) is 9.05. The van der Waals surface area contributed by atoms with Crippen molar-refractivity contribution in [2.24, 2.45) is 4.36 Å². The Bertz CT molecular complexity index is 1340. The summed E-state index contributed by atoms with van der Waals surface area (Å²) in [4.78, 5) is 29.3. The molecule has 2 aromatic carbocycles. The maximum atomic E-state index is 13.6. The number of aliphatic hydroxyl groups excluding tert-OH is 1. The summed E-state index contributed by atoms with van der Waals surface area (Å²) in [5.74, 6) is 3.88. The van der Waals surface area contributed by atoms with Crippen molar-refractivity contribution in [1.29, 1.82) is 0 Å². The lowest BCUT2D eigenvalue weighted by atomic mass is 10.1. The van der Waals surface area contributed by atoms with Gasteiger partial charge in [-0.15, -0.1) is 0 Å². The van der Waals surface area contributed by atoms with Gasteiger partial charge in [0.05, 0.1) is 21.9 Å². The highest BCUT2D eigenvalue weighted by Crippen LogP contribution is 2.16. The minimum atomic E-state index is -3.43. The maximum absolute atomic E-state index is 13.6. The van der Waals surface area contributed by atoms with Gasteiger partial charge in [0.2, 0.25) is 5.91 Å². The number of aliphatic hydroxyl groups is 1. The number of carbonyl (C=O) groups excluding carboxylic acids is 2. The van der Waals surface area contributed by atoms with Gasteiger partial charge in [-0.3, -0.25) is 14.6 Å². The number of carbonyl (C=O) groups is 2. The molecule has 9 heteroatoms. The fraction of sp³-hybridized carbons (Fsp3) is 0.125. The molecule has 2 amide bonds. The van der Waals surface area contributed by atoms with Gasteiger partial charge >= 0.3 is 0 Å². The van der Waals surface area contributed by atoms with Crippen LogP contribution < -0.4 is 5.32 Å². The predicted octanol–water partition coefficient (Wildman–Crippen LogP) is 1.96. The van der Waals surface area contributed by atoms with Crippen molar-refractivity contribution in [3.8, 4) is 17.6 Å². The van der Waals surface area contributed by atoms with Crippen LogP contribution in [0.2, 0.25) is 0 Å². The van der Waals surface area contributed by atoms with Crippen LogP contribution in [-0.2, 0) is 14.5 Å². The summed E-state index contributed by atoms with van der Waals surface area (Å²) in [7, 11) is -3.43. The number of hydrogen-bond donors (Lipinski definition) is 3. The Morgan fingerprint density at radius 3 is 2.48 bits per heavy atom. The summed E-state index contributed by atoms with van der Waals surface area (Å²) in [6.07, 6.45) is 2.74. The molecule has 3 aromatic rings. The summed E-state index contributed by atoms with van der Waals surface area (Å²) in [5.41, 5.74) is 1.07. The molecule has 0 spiro atoms. The molecule has 0 aliphatic carbocycles. The van der Waals surface area contributed by atoms with Gasteiger partial charge in [-0.05, 0) is 36.4 Å². The summed E-state index contributed by atoms with van der Waals surface area (Å²) < 4.78 is 17.5. The standard InChI is InChI=1S/C24H21N3O5S/c28-12-11-26-23(30)17-33(32,22-7-2-1-3-8-22)27-24(31)20-13-19(15-25-16-20)10-9-18-5-4-6-21(29)14-18/h1-8,13-16,28-29H,11-12,17H2,(H,26,30)/t33-/m0/s1. The topological polar surface area (TPSA) is 129 Å². The molecule has 0 aliphatic rings. The van der Waals surface area contributed by atoms with Gasteiger partial charge in [0.1, 0.15) is 11.5 Å². The smallest absolute Gasteiger partial charge is 0.286 e. The molecule has 0 fully saturated rings. The van der Waals surface area contributed by atoms with E-state index in [4.69, 9.17) is 5.11 Å². The highest BCUT2D eigenvalue weighted by Gasteiger charge is 2.20. The molecule has 1 atom stereocenters. The third kappa shape index (κ3) is 6.74. The van der Waals surface area contributed by atoms with Gasteiger partial charge in [0.15, 0.2) is 0 Å². The fourth-order valence-electron chi connectivity index (χ4n) is 2.77. The Hall–Kier alpha value is -4.00. The molecule has 0 aliphatic heterocycles. The van der Waals surface area contributed by atoms with Crippen LogP contribution in [0.4, 0.5) is 0 Å². The molecule has 8 nitrogen and oxygen atoms in total. The lowest BCUT2D eigenvalue weighted by Gasteiger charge is -2.10. The van der Waals surface area contributed by atoms with Crippen molar-refractivity contribution in [3.05, 3.63) is 89.7 Å². The summed E-state index contributed by atoms with van der Waals surface area (Å²) in [6.45, 7) is -0.267. The molecular formula is C24H21N3O5S. The van der Waals surface area contributed by atoms with E-state index in [9.17, 15) is 18.9 Å². The van der Waals surface area contributed by atoms with Gasteiger partial charge in [-0.2, -0.15) is 4.36 Å². The lowest BCUT2D eigenvalue weighted by molar-refractivity contribution is -0.118. The highest BCUT2D eigenvalue weighted by atomic mass is 32.2. The zero-order chi connectivity index (χ0) is 23.7. The zero-order valence-electron chi connectivity index (χ0n) is 17.5. The van der Waals surface area contributed by atoms with Gasteiger partial charge < -0.3 is 15.5 Å². The Labute approximate surface area is 191 Å². The Morgan fingerprint density at radius 1 is 1.00 bits per heavy atom. The number of phenolic OH excluding ortho intramolecular Hbond substituents is 1. The third-order valence-electron chi connectivity index (χ3n) is 4.29. The third-order valence-corrected chi connectivity index (χ3v) is 6.41. The molecule has 3 N–H and O–H groups in total. The number of hydrogen-bond acceptors (Lipinski definition) is 6. The molecular weight excluding hydrogens is 442 g/mol. The SMILES string of the molecule is O=C(C[S@@](=O)(=NC(=O)c1cncc(C#Cc2cccc(O)c2)c1)c1ccccc1)NCCO. The minimum absolute atomic E-state index is 0.000906. The zero-order valence-corrected chi connectivity index (χ0v) is 18.3. The Balaban J connectivity index is 1.93. The van der Waals surface area contributed by atoms with Crippen LogP contribution in [0.25, 0.3) is 0 Å². The van der Waals surface area contributed by atoms with Gasteiger partial charge in [-0.1, -0.05) is 36.1 Å². The second-order valence-electron chi connectivity index (χ2n) is 6.83. The quantitative estimate of drug-likeness (QED) is 0.480. The van der Waals surface area contributed by atoms with E-state index in [1.807, 2.05) is 0 Å². The molecule has 1 aromatic heterocycles. The van der Waals surface area contributed by atoms with Crippen LogP contribution in [0.1, 0.15) is 21.5 Å². The number of aromatic nitrogens is 1. The van der Waals surface area contributed by atoms with Gasteiger partial charge in [-0.25, -0.2) is 4.21 Å². The first-order valence-electron chi connectivity index (χ1n) is 9.87.